The van der Waals surface area contributed by atoms with Crippen LogP contribution in [0.25, 0.3) is 0 Å². The maximum absolute atomic E-state index is 6.00. The molecule has 0 amide bonds. The second-order valence-corrected chi connectivity index (χ2v) is 4.07. The number of rotatable bonds is 4. The first-order valence-corrected chi connectivity index (χ1v) is 5.77. The molecule has 0 aliphatic carbocycles. The summed E-state index contributed by atoms with van der Waals surface area (Å²) in [4.78, 5) is 0. The van der Waals surface area contributed by atoms with E-state index in [1.165, 1.54) is 0 Å². The van der Waals surface area contributed by atoms with E-state index in [9.17, 15) is 0 Å². The first kappa shape index (κ1) is 11.9. The summed E-state index contributed by atoms with van der Waals surface area (Å²) in [6, 6.07) is 5.61. The molecular weight excluding hydrogens is 240 g/mol. The molecule has 0 aliphatic rings. The molecule has 0 spiro atoms. The molecule has 4 nitrogen and oxygen atoms in total. The fourth-order valence-corrected chi connectivity index (χ4v) is 1.52. The molecule has 0 saturated carbocycles. The van der Waals surface area contributed by atoms with Crippen molar-refractivity contribution in [3.8, 4) is 5.75 Å². The summed E-state index contributed by atoms with van der Waals surface area (Å²) in [5.74, 6) is 1.70. The Hall–Kier alpha value is -1.55. The summed E-state index contributed by atoms with van der Waals surface area (Å²) >= 11 is 6.00. The van der Waals surface area contributed by atoms with Gasteiger partial charge in [0, 0.05) is 6.42 Å². The maximum atomic E-state index is 6.00. The molecule has 90 valence electrons. The highest BCUT2D eigenvalue weighted by atomic mass is 35.5. The minimum absolute atomic E-state index is 0.232. The molecule has 1 heterocycles. The van der Waals surface area contributed by atoms with Gasteiger partial charge in [0.2, 0.25) is 5.89 Å². The summed E-state index contributed by atoms with van der Waals surface area (Å²) in [7, 11) is 0. The van der Waals surface area contributed by atoms with Crippen LogP contribution >= 0.6 is 11.6 Å². The molecule has 17 heavy (non-hydrogen) atoms. The lowest BCUT2D eigenvalue weighted by atomic mass is 10.2. The number of ether oxygens (including phenoxy) is 1. The summed E-state index contributed by atoms with van der Waals surface area (Å²) in [6.07, 6.45) is 0.720. The SMILES string of the molecule is CCc1nnc(COc2cc(C)ccc2Cl)o1. The van der Waals surface area contributed by atoms with Gasteiger partial charge < -0.3 is 9.15 Å². The van der Waals surface area contributed by atoms with E-state index >= 15 is 0 Å². The second kappa shape index (κ2) is 5.19. The number of hydrogen-bond acceptors (Lipinski definition) is 4. The summed E-state index contributed by atoms with van der Waals surface area (Å²) in [6.45, 7) is 4.16. The van der Waals surface area contributed by atoms with Gasteiger partial charge in [0.15, 0.2) is 6.61 Å². The predicted molar refractivity (Wildman–Crippen MR) is 64.2 cm³/mol. The second-order valence-electron chi connectivity index (χ2n) is 3.67. The Balaban J connectivity index is 2.04. The van der Waals surface area contributed by atoms with E-state index in [0.29, 0.717) is 22.6 Å². The van der Waals surface area contributed by atoms with Crippen molar-refractivity contribution in [3.63, 3.8) is 0 Å². The summed E-state index contributed by atoms with van der Waals surface area (Å²) in [5, 5.41) is 8.30. The van der Waals surface area contributed by atoms with Crippen LogP contribution in [0.1, 0.15) is 24.3 Å². The van der Waals surface area contributed by atoms with E-state index in [4.69, 9.17) is 20.8 Å². The minimum atomic E-state index is 0.232. The standard InChI is InChI=1S/C12H13ClN2O2/c1-3-11-14-15-12(17-11)7-16-10-6-8(2)4-5-9(10)13/h4-6H,3,7H2,1-2H3. The van der Waals surface area contributed by atoms with E-state index in [0.717, 1.165) is 12.0 Å². The normalized spacial score (nSPS) is 10.5. The third-order valence-corrected chi connectivity index (χ3v) is 2.56. The van der Waals surface area contributed by atoms with Gasteiger partial charge in [-0.05, 0) is 24.6 Å². The van der Waals surface area contributed by atoms with E-state index in [1.54, 1.807) is 6.07 Å². The third-order valence-electron chi connectivity index (χ3n) is 2.25. The van der Waals surface area contributed by atoms with Crippen LogP contribution in [-0.4, -0.2) is 10.2 Å². The van der Waals surface area contributed by atoms with Crippen LogP contribution in [-0.2, 0) is 13.0 Å². The monoisotopic (exact) mass is 252 g/mol. The van der Waals surface area contributed by atoms with Crippen LogP contribution in [0, 0.1) is 6.92 Å². The molecule has 5 heteroatoms. The number of hydrogen-bond donors (Lipinski definition) is 0. The molecule has 0 atom stereocenters. The van der Waals surface area contributed by atoms with E-state index < -0.39 is 0 Å². The van der Waals surface area contributed by atoms with E-state index in [2.05, 4.69) is 10.2 Å². The van der Waals surface area contributed by atoms with Crippen molar-refractivity contribution in [1.82, 2.24) is 10.2 Å². The number of nitrogens with zero attached hydrogens (tertiary/aromatic N) is 2. The van der Waals surface area contributed by atoms with Crippen LogP contribution < -0.4 is 4.74 Å². The molecule has 2 aromatic rings. The predicted octanol–water partition coefficient (Wildman–Crippen LogP) is 3.17. The van der Waals surface area contributed by atoms with Crippen molar-refractivity contribution in [3.05, 3.63) is 40.6 Å². The Morgan fingerprint density at radius 1 is 1.29 bits per heavy atom. The van der Waals surface area contributed by atoms with Crippen molar-refractivity contribution in [1.29, 1.82) is 0 Å². The average molecular weight is 253 g/mol. The Kier molecular flexibility index (Phi) is 3.64. The zero-order chi connectivity index (χ0) is 12.3. The lowest BCUT2D eigenvalue weighted by Crippen LogP contribution is -1.96. The fraction of sp³-hybridized carbons (Fsp3) is 0.333. The van der Waals surface area contributed by atoms with Crippen LogP contribution in [0.4, 0.5) is 0 Å². The molecule has 0 fully saturated rings. The quantitative estimate of drug-likeness (QED) is 0.839. The molecule has 1 aromatic carbocycles. The van der Waals surface area contributed by atoms with Gasteiger partial charge in [-0.15, -0.1) is 10.2 Å². The number of aromatic nitrogens is 2. The molecule has 0 saturated heterocycles. The lowest BCUT2D eigenvalue weighted by molar-refractivity contribution is 0.259. The van der Waals surface area contributed by atoms with Gasteiger partial charge in [-0.1, -0.05) is 24.6 Å². The Labute approximate surface area is 105 Å². The highest BCUT2D eigenvalue weighted by Crippen LogP contribution is 2.25. The highest BCUT2D eigenvalue weighted by Gasteiger charge is 2.07. The van der Waals surface area contributed by atoms with Gasteiger partial charge >= 0.3 is 0 Å². The van der Waals surface area contributed by atoms with Gasteiger partial charge in [0.25, 0.3) is 5.89 Å². The highest BCUT2D eigenvalue weighted by molar-refractivity contribution is 6.32. The zero-order valence-electron chi connectivity index (χ0n) is 9.74. The summed E-state index contributed by atoms with van der Waals surface area (Å²) < 4.78 is 10.9. The smallest absolute Gasteiger partial charge is 0.253 e. The topological polar surface area (TPSA) is 48.2 Å². The number of halogens is 1. The van der Waals surface area contributed by atoms with Gasteiger partial charge in [-0.3, -0.25) is 0 Å². The number of benzene rings is 1. The third kappa shape index (κ3) is 2.97. The fourth-order valence-electron chi connectivity index (χ4n) is 1.35. The van der Waals surface area contributed by atoms with Crippen molar-refractivity contribution < 1.29 is 9.15 Å². The van der Waals surface area contributed by atoms with E-state index in [-0.39, 0.29) is 6.61 Å². The van der Waals surface area contributed by atoms with Crippen LogP contribution in [0.3, 0.4) is 0 Å². The van der Waals surface area contributed by atoms with Crippen LogP contribution in [0.5, 0.6) is 5.75 Å². The molecule has 0 radical (unpaired) electrons. The maximum Gasteiger partial charge on any atom is 0.253 e. The Morgan fingerprint density at radius 3 is 2.76 bits per heavy atom. The molecule has 2 rings (SSSR count). The van der Waals surface area contributed by atoms with Crippen LogP contribution in [0.15, 0.2) is 22.6 Å². The van der Waals surface area contributed by atoms with Gasteiger partial charge in [-0.25, -0.2) is 0 Å². The van der Waals surface area contributed by atoms with Crippen molar-refractivity contribution >= 4 is 11.6 Å². The van der Waals surface area contributed by atoms with Gasteiger partial charge in [-0.2, -0.15) is 0 Å². The molecular formula is C12H13ClN2O2. The Morgan fingerprint density at radius 2 is 2.06 bits per heavy atom. The van der Waals surface area contributed by atoms with Crippen molar-refractivity contribution in [2.45, 2.75) is 26.9 Å². The van der Waals surface area contributed by atoms with Gasteiger partial charge in [0.1, 0.15) is 5.75 Å². The van der Waals surface area contributed by atoms with Crippen molar-refractivity contribution in [2.75, 3.05) is 0 Å². The van der Waals surface area contributed by atoms with E-state index in [1.807, 2.05) is 26.0 Å². The molecule has 0 unspecified atom stereocenters. The molecule has 1 aromatic heterocycles. The molecule has 0 N–H and O–H groups in total. The van der Waals surface area contributed by atoms with Crippen molar-refractivity contribution in [2.24, 2.45) is 0 Å². The summed E-state index contributed by atoms with van der Waals surface area (Å²) in [5.41, 5.74) is 1.09. The Bertz CT molecular complexity index is 511. The first-order valence-electron chi connectivity index (χ1n) is 5.39. The van der Waals surface area contributed by atoms with Crippen LogP contribution in [0.2, 0.25) is 5.02 Å². The largest absolute Gasteiger partial charge is 0.482 e. The molecule has 0 bridgehead atoms. The zero-order valence-corrected chi connectivity index (χ0v) is 10.5. The van der Waals surface area contributed by atoms with Gasteiger partial charge in [0.05, 0.1) is 5.02 Å². The molecule has 0 aliphatic heterocycles. The average Bonchev–Trinajstić information content (AvgIpc) is 2.78. The lowest BCUT2D eigenvalue weighted by Gasteiger charge is -2.06. The first-order chi connectivity index (χ1) is 8.19. The minimum Gasteiger partial charge on any atom is -0.482 e. The number of aryl methyl sites for hydroxylation is 2.